The van der Waals surface area contributed by atoms with Crippen molar-refractivity contribution in [2.45, 2.75) is 27.2 Å². The summed E-state index contributed by atoms with van der Waals surface area (Å²) < 4.78 is 11.1. The maximum Gasteiger partial charge on any atom is 0.415 e. The molecule has 0 aliphatic carbocycles. The Bertz CT molecular complexity index is 1100. The van der Waals surface area contributed by atoms with Gasteiger partial charge in [-0.05, 0) is 49.6 Å². The average Bonchev–Trinajstić information content (AvgIpc) is 2.81. The quantitative estimate of drug-likeness (QED) is 0.359. The van der Waals surface area contributed by atoms with Crippen LogP contribution in [0.3, 0.4) is 0 Å². The lowest BCUT2D eigenvalue weighted by atomic mass is 9.97. The molecule has 0 heterocycles. The third-order valence-corrected chi connectivity index (χ3v) is 6.31. The maximum atomic E-state index is 12.4. The van der Waals surface area contributed by atoms with Crippen LogP contribution in [0.25, 0.3) is 11.1 Å². The van der Waals surface area contributed by atoms with Crippen molar-refractivity contribution < 1.29 is 14.3 Å². The minimum absolute atomic E-state index is 0.375. The lowest BCUT2D eigenvalue weighted by Gasteiger charge is -2.20. The fourth-order valence-corrected chi connectivity index (χ4v) is 4.14. The summed E-state index contributed by atoms with van der Waals surface area (Å²) in [5, 5.41) is 0.956. The van der Waals surface area contributed by atoms with E-state index in [2.05, 4.69) is 6.07 Å². The number of rotatable bonds is 7. The number of carbonyl (C=O) groups excluding carboxylic acids is 1. The van der Waals surface area contributed by atoms with E-state index in [0.717, 1.165) is 28.0 Å². The zero-order chi connectivity index (χ0) is 23.3. The van der Waals surface area contributed by atoms with Gasteiger partial charge in [-0.25, -0.2) is 4.79 Å². The highest BCUT2D eigenvalue weighted by Gasteiger charge is 2.19. The second kappa shape index (κ2) is 10.8. The number of hydrogen-bond donors (Lipinski definition) is 0. The summed E-state index contributed by atoms with van der Waals surface area (Å²) in [6.07, 6.45) is 0.118. The number of methoxy groups -OCH3 is 1. The van der Waals surface area contributed by atoms with Crippen LogP contribution in [0, 0.1) is 6.92 Å². The Balaban J connectivity index is 1.93. The second-order valence-electron chi connectivity index (χ2n) is 7.39. The van der Waals surface area contributed by atoms with Gasteiger partial charge in [0.2, 0.25) is 0 Å². The molecule has 1 amide bonds. The molecular formula is C26H27Cl2NO3. The Labute approximate surface area is 199 Å². The third-order valence-electron chi connectivity index (χ3n) is 5.46. The van der Waals surface area contributed by atoms with Gasteiger partial charge in [0.1, 0.15) is 11.5 Å². The molecule has 4 nitrogen and oxygen atoms in total. The van der Waals surface area contributed by atoms with E-state index in [1.54, 1.807) is 18.1 Å². The van der Waals surface area contributed by atoms with Gasteiger partial charge in [0, 0.05) is 41.7 Å². The van der Waals surface area contributed by atoms with Crippen LogP contribution in [-0.4, -0.2) is 31.2 Å². The minimum atomic E-state index is -0.416. The molecule has 0 unspecified atom stereocenters. The van der Waals surface area contributed by atoms with Crippen LogP contribution >= 0.6 is 23.2 Å². The molecule has 168 valence electrons. The van der Waals surface area contributed by atoms with E-state index >= 15 is 0 Å². The molecule has 3 aromatic carbocycles. The average molecular weight is 472 g/mol. The van der Waals surface area contributed by atoms with Crippen molar-refractivity contribution in [3.8, 4) is 22.6 Å². The molecule has 32 heavy (non-hydrogen) atoms. The topological polar surface area (TPSA) is 38.8 Å². The van der Waals surface area contributed by atoms with Gasteiger partial charge in [-0.15, -0.1) is 0 Å². The van der Waals surface area contributed by atoms with Crippen molar-refractivity contribution in [2.75, 3.05) is 20.2 Å². The van der Waals surface area contributed by atoms with Gasteiger partial charge in [-0.1, -0.05) is 59.6 Å². The van der Waals surface area contributed by atoms with Gasteiger partial charge in [0.15, 0.2) is 0 Å². The third kappa shape index (κ3) is 5.20. The maximum absolute atomic E-state index is 12.4. The fourth-order valence-electron chi connectivity index (χ4n) is 3.57. The number of hydrogen-bond acceptors (Lipinski definition) is 3. The van der Waals surface area contributed by atoms with Crippen molar-refractivity contribution in [3.05, 3.63) is 81.3 Å². The first-order valence-electron chi connectivity index (χ1n) is 10.6. The normalized spacial score (nSPS) is 10.7. The first-order valence-corrected chi connectivity index (χ1v) is 11.3. The van der Waals surface area contributed by atoms with Gasteiger partial charge in [0.25, 0.3) is 0 Å². The molecule has 0 spiro atoms. The minimum Gasteiger partial charge on any atom is -0.496 e. The number of carbonyl (C=O) groups is 1. The van der Waals surface area contributed by atoms with E-state index < -0.39 is 6.09 Å². The second-order valence-corrected chi connectivity index (χ2v) is 8.18. The van der Waals surface area contributed by atoms with Crippen LogP contribution in [0.15, 0.2) is 54.6 Å². The van der Waals surface area contributed by atoms with Crippen LogP contribution in [-0.2, 0) is 6.42 Å². The van der Waals surface area contributed by atoms with Crippen LogP contribution < -0.4 is 9.47 Å². The molecule has 3 aromatic rings. The van der Waals surface area contributed by atoms with E-state index in [9.17, 15) is 4.79 Å². The molecule has 3 rings (SSSR count). The van der Waals surface area contributed by atoms with Crippen molar-refractivity contribution in [1.82, 2.24) is 4.90 Å². The molecule has 0 bridgehead atoms. The van der Waals surface area contributed by atoms with Crippen LogP contribution in [0.2, 0.25) is 10.0 Å². The molecular weight excluding hydrogens is 445 g/mol. The highest BCUT2D eigenvalue weighted by Crippen LogP contribution is 2.38. The first-order chi connectivity index (χ1) is 15.4. The summed E-state index contributed by atoms with van der Waals surface area (Å²) in [6.45, 7) is 6.76. The Morgan fingerprint density at radius 3 is 2.28 bits per heavy atom. The molecule has 0 N–H and O–H groups in total. The Morgan fingerprint density at radius 1 is 0.969 bits per heavy atom. The summed E-state index contributed by atoms with van der Waals surface area (Å²) in [5.74, 6) is 1.17. The molecule has 0 fully saturated rings. The highest BCUT2D eigenvalue weighted by molar-refractivity contribution is 6.36. The molecule has 6 heteroatoms. The number of halogens is 2. The highest BCUT2D eigenvalue weighted by atomic mass is 35.5. The molecule has 0 aliphatic heterocycles. The van der Waals surface area contributed by atoms with Gasteiger partial charge in [-0.2, -0.15) is 0 Å². The SMILES string of the molecule is CCN(CC)C(=O)Oc1cc(Cl)c(Cc2ccc(OC)c(-c3ccccc3)c2)c(Cl)c1C. The molecule has 0 saturated carbocycles. The molecule has 0 aliphatic rings. The van der Waals surface area contributed by atoms with Crippen LogP contribution in [0.5, 0.6) is 11.5 Å². The first kappa shape index (κ1) is 24.0. The molecule has 0 radical (unpaired) electrons. The lowest BCUT2D eigenvalue weighted by molar-refractivity contribution is 0.157. The molecule has 0 aromatic heterocycles. The zero-order valence-electron chi connectivity index (χ0n) is 18.7. The van der Waals surface area contributed by atoms with Crippen molar-refractivity contribution in [1.29, 1.82) is 0 Å². The number of benzene rings is 3. The summed E-state index contributed by atoms with van der Waals surface area (Å²) >= 11 is 13.3. The Kier molecular flexibility index (Phi) is 8.05. The summed E-state index contributed by atoms with van der Waals surface area (Å²) in [7, 11) is 1.66. The summed E-state index contributed by atoms with van der Waals surface area (Å²) in [6, 6.07) is 17.8. The molecule has 0 atom stereocenters. The Hall–Kier alpha value is -2.69. The van der Waals surface area contributed by atoms with E-state index in [-0.39, 0.29) is 0 Å². The van der Waals surface area contributed by atoms with Crippen LogP contribution in [0.4, 0.5) is 4.79 Å². The van der Waals surface area contributed by atoms with Gasteiger partial charge < -0.3 is 14.4 Å². The number of amides is 1. The van der Waals surface area contributed by atoms with E-state index in [1.165, 1.54) is 0 Å². The largest absolute Gasteiger partial charge is 0.496 e. The van der Waals surface area contributed by atoms with Gasteiger partial charge in [0.05, 0.1) is 12.1 Å². The lowest BCUT2D eigenvalue weighted by Crippen LogP contribution is -2.33. The summed E-state index contributed by atoms with van der Waals surface area (Å²) in [5.41, 5.74) is 4.58. The number of nitrogens with zero attached hydrogens (tertiary/aromatic N) is 1. The fraction of sp³-hybridized carbons (Fsp3) is 0.269. The smallest absolute Gasteiger partial charge is 0.415 e. The van der Waals surface area contributed by atoms with Crippen molar-refractivity contribution in [3.63, 3.8) is 0 Å². The van der Waals surface area contributed by atoms with Gasteiger partial charge >= 0.3 is 6.09 Å². The monoisotopic (exact) mass is 471 g/mol. The zero-order valence-corrected chi connectivity index (χ0v) is 20.3. The summed E-state index contributed by atoms with van der Waals surface area (Å²) in [4.78, 5) is 14.0. The Morgan fingerprint density at radius 2 is 1.66 bits per heavy atom. The van der Waals surface area contributed by atoms with E-state index in [1.807, 2.05) is 63.2 Å². The molecule has 0 saturated heterocycles. The van der Waals surface area contributed by atoms with Crippen molar-refractivity contribution in [2.24, 2.45) is 0 Å². The van der Waals surface area contributed by atoms with Crippen molar-refractivity contribution >= 4 is 29.3 Å². The van der Waals surface area contributed by atoms with Crippen LogP contribution in [0.1, 0.15) is 30.5 Å². The predicted octanol–water partition coefficient (Wildman–Crippen LogP) is 7.41. The van der Waals surface area contributed by atoms with E-state index in [4.69, 9.17) is 32.7 Å². The predicted molar refractivity (Wildman–Crippen MR) is 131 cm³/mol. The standard InChI is InChI=1S/C26H27Cl2NO3/c1-5-29(6-2)26(30)32-24-16-22(27)21(25(28)17(24)3)15-18-12-13-23(31-4)20(14-18)19-10-8-7-9-11-19/h7-14,16H,5-6,15H2,1-4H3. The van der Waals surface area contributed by atoms with Gasteiger partial charge in [-0.3, -0.25) is 0 Å². The van der Waals surface area contributed by atoms with E-state index in [0.29, 0.717) is 40.9 Å². The number of ether oxygens (including phenoxy) is 2.